The number of carbonyl (C=O) groups is 2. The van der Waals surface area contributed by atoms with Crippen LogP contribution in [0.3, 0.4) is 0 Å². The predicted molar refractivity (Wildman–Crippen MR) is 145 cm³/mol. The number of aryl methyl sites for hydroxylation is 1. The molecule has 194 valence electrons. The Hall–Kier alpha value is -1.68. The molecule has 0 bridgehead atoms. The van der Waals surface area contributed by atoms with Crippen LogP contribution in [-0.2, 0) is 27.2 Å². The second-order valence-electron chi connectivity index (χ2n) is 9.19. The molecule has 1 amide bonds. The molecule has 35 heavy (non-hydrogen) atoms. The van der Waals surface area contributed by atoms with Crippen LogP contribution in [0.1, 0.15) is 36.8 Å². The summed E-state index contributed by atoms with van der Waals surface area (Å²) >= 11 is 5.86. The van der Waals surface area contributed by atoms with Gasteiger partial charge in [0, 0.05) is 31.3 Å². The number of amides is 1. The Labute approximate surface area is 219 Å². The molecule has 2 aliphatic rings. The number of fused-ring (bicyclic) bond motifs is 1. The number of rotatable bonds is 12. The van der Waals surface area contributed by atoms with Gasteiger partial charge in [0.25, 0.3) is 0 Å². The maximum atomic E-state index is 13.3. The highest BCUT2D eigenvalue weighted by atomic mass is 32.2. The van der Waals surface area contributed by atoms with Gasteiger partial charge >= 0.3 is 5.97 Å². The Balaban J connectivity index is 1.73. The van der Waals surface area contributed by atoms with E-state index in [1.807, 2.05) is 24.5 Å². The number of nitrogens with two attached hydrogens (primary N) is 1. The van der Waals surface area contributed by atoms with Crippen LogP contribution in [0.25, 0.3) is 0 Å². The van der Waals surface area contributed by atoms with Crippen LogP contribution >= 0.6 is 24.4 Å². The van der Waals surface area contributed by atoms with Crippen molar-refractivity contribution in [3.05, 3.63) is 41.5 Å². The summed E-state index contributed by atoms with van der Waals surface area (Å²) in [5.74, 6) is 1.66. The molecule has 1 aliphatic carbocycles. The molecule has 0 aromatic heterocycles. The second-order valence-corrected chi connectivity index (χ2v) is 10.5. The highest BCUT2D eigenvalue weighted by molar-refractivity contribution is 7.98. The van der Waals surface area contributed by atoms with Gasteiger partial charge in [0.15, 0.2) is 0 Å². The lowest BCUT2D eigenvalue weighted by molar-refractivity contribution is -0.145. The minimum atomic E-state index is -0.656. The third-order valence-corrected chi connectivity index (χ3v) is 7.73. The van der Waals surface area contributed by atoms with Crippen LogP contribution in [0, 0.1) is 0 Å². The number of thioether (sulfide) groups is 1. The summed E-state index contributed by atoms with van der Waals surface area (Å²) in [5.41, 5.74) is 8.65. The fourth-order valence-electron chi connectivity index (χ4n) is 4.78. The Kier molecular flexibility index (Phi) is 11.3. The number of hydrogen-bond acceptors (Lipinski definition) is 8. The van der Waals surface area contributed by atoms with Gasteiger partial charge in [0.1, 0.15) is 17.9 Å². The number of likely N-dealkylation sites (tertiary alicyclic amines) is 1. The van der Waals surface area contributed by atoms with E-state index in [0.29, 0.717) is 31.7 Å². The van der Waals surface area contributed by atoms with Crippen molar-refractivity contribution in [3.8, 4) is 5.75 Å². The average molecular weight is 522 g/mol. The zero-order valence-corrected chi connectivity index (χ0v) is 22.5. The van der Waals surface area contributed by atoms with Gasteiger partial charge in [-0.1, -0.05) is 24.3 Å². The van der Waals surface area contributed by atoms with Gasteiger partial charge in [-0.2, -0.15) is 24.4 Å². The molecular weight excluding hydrogens is 482 g/mol. The normalized spacial score (nSPS) is 21.9. The van der Waals surface area contributed by atoms with Gasteiger partial charge in [-0.25, -0.2) is 4.79 Å². The molecule has 1 aromatic rings. The fraction of sp³-hybridized carbons (Fsp3) is 0.615. The van der Waals surface area contributed by atoms with Crippen molar-refractivity contribution in [1.82, 2.24) is 10.2 Å². The van der Waals surface area contributed by atoms with E-state index in [-0.39, 0.29) is 18.1 Å². The molecule has 1 aromatic carbocycles. The first kappa shape index (κ1) is 27.9. The molecule has 3 rings (SSSR count). The summed E-state index contributed by atoms with van der Waals surface area (Å²) in [6.07, 6.45) is 11.4. The highest BCUT2D eigenvalue weighted by Crippen LogP contribution is 2.32. The van der Waals surface area contributed by atoms with Crippen molar-refractivity contribution in [2.45, 2.75) is 62.8 Å². The number of nitrogens with zero attached hydrogens (tertiary/aromatic N) is 1. The largest absolute Gasteiger partial charge is 0.489 e. The minimum Gasteiger partial charge on any atom is -0.489 e. The second kappa shape index (κ2) is 14.2. The SMILES string of the molecule is COC(=O)[C@H](CCSC)NC(=O)[C@@H]1C[C@H](Oc2cccc3c2CCCC3)CN1C/C=C/[C@@H](N)CS. The molecule has 1 aliphatic heterocycles. The zero-order chi connectivity index (χ0) is 25.2. The molecule has 1 saturated heterocycles. The standard InChI is InChI=1S/C26H39N3O4S2/c1-32-26(31)22(12-14-35-2)28-25(30)23-15-20(16-29(23)13-6-9-19(27)17-34)33-24-11-5-8-18-7-3-4-10-21(18)24/h5-6,8-9,11,19-20,22-23,34H,3-4,7,10,12-17,27H2,1-2H3,(H,28,30)/b9-6+/t19-,20+,22+,23+/m1/s1. The number of thiol groups is 1. The Morgan fingerprint density at radius 2 is 2.14 bits per heavy atom. The maximum absolute atomic E-state index is 13.3. The van der Waals surface area contributed by atoms with Crippen molar-refractivity contribution in [1.29, 1.82) is 0 Å². The average Bonchev–Trinajstić information content (AvgIpc) is 3.28. The molecule has 7 nitrogen and oxygen atoms in total. The van der Waals surface area contributed by atoms with E-state index in [0.717, 1.165) is 24.3 Å². The Bertz CT molecular complexity index is 882. The van der Waals surface area contributed by atoms with E-state index < -0.39 is 18.1 Å². The number of esters is 1. The van der Waals surface area contributed by atoms with Gasteiger partial charge in [0.2, 0.25) is 5.91 Å². The molecular formula is C26H39N3O4S2. The van der Waals surface area contributed by atoms with Gasteiger partial charge in [0.05, 0.1) is 13.2 Å². The van der Waals surface area contributed by atoms with Crippen molar-refractivity contribution in [2.24, 2.45) is 5.73 Å². The quantitative estimate of drug-likeness (QED) is 0.221. The van der Waals surface area contributed by atoms with Crippen molar-refractivity contribution < 1.29 is 19.1 Å². The van der Waals surface area contributed by atoms with Crippen molar-refractivity contribution >= 4 is 36.3 Å². The van der Waals surface area contributed by atoms with E-state index >= 15 is 0 Å². The summed E-state index contributed by atoms with van der Waals surface area (Å²) in [5, 5.41) is 2.93. The lowest BCUT2D eigenvalue weighted by Crippen LogP contribution is -2.50. The fourth-order valence-corrected chi connectivity index (χ4v) is 5.38. The summed E-state index contributed by atoms with van der Waals surface area (Å²) < 4.78 is 11.4. The molecule has 1 heterocycles. The van der Waals surface area contributed by atoms with E-state index in [1.165, 1.54) is 31.1 Å². The third kappa shape index (κ3) is 7.90. The van der Waals surface area contributed by atoms with Crippen LogP contribution < -0.4 is 15.8 Å². The predicted octanol–water partition coefficient (Wildman–Crippen LogP) is 2.61. The smallest absolute Gasteiger partial charge is 0.328 e. The maximum Gasteiger partial charge on any atom is 0.328 e. The molecule has 0 radical (unpaired) electrons. The zero-order valence-electron chi connectivity index (χ0n) is 20.8. The summed E-state index contributed by atoms with van der Waals surface area (Å²) in [7, 11) is 1.35. The minimum absolute atomic E-state index is 0.117. The van der Waals surface area contributed by atoms with Crippen LogP contribution in [0.2, 0.25) is 0 Å². The Morgan fingerprint density at radius 3 is 2.89 bits per heavy atom. The lowest BCUT2D eigenvalue weighted by Gasteiger charge is -2.24. The van der Waals surface area contributed by atoms with Gasteiger partial charge in [-0.05, 0) is 61.3 Å². The van der Waals surface area contributed by atoms with E-state index in [4.69, 9.17) is 15.2 Å². The first-order chi connectivity index (χ1) is 17.0. The number of hydrogen-bond donors (Lipinski definition) is 3. The number of nitrogens with one attached hydrogen (secondary N) is 1. The van der Waals surface area contributed by atoms with Crippen LogP contribution in [0.15, 0.2) is 30.4 Å². The summed E-state index contributed by atoms with van der Waals surface area (Å²) in [6.45, 7) is 1.19. The van der Waals surface area contributed by atoms with Gasteiger partial charge in [-0.15, -0.1) is 0 Å². The molecule has 1 fully saturated rings. The molecule has 9 heteroatoms. The molecule has 0 unspecified atom stereocenters. The van der Waals surface area contributed by atoms with Crippen LogP contribution in [0.4, 0.5) is 0 Å². The van der Waals surface area contributed by atoms with E-state index in [9.17, 15) is 9.59 Å². The van der Waals surface area contributed by atoms with Crippen LogP contribution in [0.5, 0.6) is 5.75 Å². The van der Waals surface area contributed by atoms with Gasteiger partial charge in [-0.3, -0.25) is 9.69 Å². The third-order valence-electron chi connectivity index (χ3n) is 6.66. The highest BCUT2D eigenvalue weighted by Gasteiger charge is 2.39. The van der Waals surface area contributed by atoms with Crippen LogP contribution in [-0.4, -0.2) is 79.0 Å². The number of benzene rings is 1. The summed E-state index contributed by atoms with van der Waals surface area (Å²) in [6, 6.07) is 5.10. The molecule has 0 spiro atoms. The Morgan fingerprint density at radius 1 is 1.34 bits per heavy atom. The monoisotopic (exact) mass is 521 g/mol. The number of methoxy groups -OCH3 is 1. The van der Waals surface area contributed by atoms with Crippen molar-refractivity contribution in [2.75, 3.05) is 38.0 Å². The number of carbonyl (C=O) groups excluding carboxylic acids is 2. The topological polar surface area (TPSA) is 93.9 Å². The number of ether oxygens (including phenoxy) is 2. The van der Waals surface area contributed by atoms with Crippen molar-refractivity contribution in [3.63, 3.8) is 0 Å². The molecule has 0 saturated carbocycles. The molecule has 4 atom stereocenters. The first-order valence-corrected chi connectivity index (χ1v) is 14.4. The summed E-state index contributed by atoms with van der Waals surface area (Å²) in [4.78, 5) is 27.7. The molecule has 3 N–H and O–H groups in total. The van der Waals surface area contributed by atoms with E-state index in [2.05, 4.69) is 35.0 Å². The van der Waals surface area contributed by atoms with E-state index in [1.54, 1.807) is 11.8 Å². The first-order valence-electron chi connectivity index (χ1n) is 12.4. The van der Waals surface area contributed by atoms with Gasteiger partial charge < -0.3 is 20.5 Å². The lowest BCUT2D eigenvalue weighted by atomic mass is 9.91.